The van der Waals surface area contributed by atoms with Crippen molar-refractivity contribution in [2.75, 3.05) is 37.4 Å². The molecule has 2 N–H and O–H groups in total. The van der Waals surface area contributed by atoms with Crippen molar-refractivity contribution in [1.29, 1.82) is 0 Å². The van der Waals surface area contributed by atoms with Gasteiger partial charge in [0.15, 0.2) is 0 Å². The number of benzene rings is 1. The minimum absolute atomic E-state index is 0.103. The lowest BCUT2D eigenvalue weighted by atomic mass is 10.0. The first-order valence-electron chi connectivity index (χ1n) is 11.8. The molecule has 0 spiro atoms. The number of anilines is 2. The maximum Gasteiger partial charge on any atom is 0.332 e. The predicted molar refractivity (Wildman–Crippen MR) is 140 cm³/mol. The predicted octanol–water partition coefficient (Wildman–Crippen LogP) is 4.61. The molecule has 5 amide bonds. The van der Waals surface area contributed by atoms with E-state index in [4.69, 9.17) is 0 Å². The Labute approximate surface area is 219 Å². The van der Waals surface area contributed by atoms with Gasteiger partial charge in [0.25, 0.3) is 11.2 Å². The molecule has 200 valence electrons. The molecule has 0 unspecified atom stereocenters. The third-order valence-electron chi connectivity index (χ3n) is 5.69. The average molecular weight is 535 g/mol. The van der Waals surface area contributed by atoms with Gasteiger partial charge in [0, 0.05) is 31.1 Å². The summed E-state index contributed by atoms with van der Waals surface area (Å²) in [5.74, 6) is -0.112. The van der Waals surface area contributed by atoms with Crippen LogP contribution in [0, 0.1) is 0 Å². The van der Waals surface area contributed by atoms with Gasteiger partial charge < -0.3 is 15.1 Å². The largest absolute Gasteiger partial charge is 0.338 e. The number of thioether (sulfide) groups is 1. The van der Waals surface area contributed by atoms with Gasteiger partial charge in [0.05, 0.1) is 5.69 Å². The molecule has 1 aliphatic heterocycles. The molecule has 0 aliphatic carbocycles. The second-order valence-electron chi connectivity index (χ2n) is 9.56. The zero-order valence-electron chi connectivity index (χ0n) is 21.5. The van der Waals surface area contributed by atoms with Crippen molar-refractivity contribution in [1.82, 2.24) is 20.1 Å². The summed E-state index contributed by atoms with van der Waals surface area (Å²) in [6.45, 7) is 5.57. The summed E-state index contributed by atoms with van der Waals surface area (Å²) in [7, 11) is 3.92. The number of amides is 5. The SMILES string of the molecule is CN(C)CCCNC(=O)Nc1cc(CN2C(=O)N(c3ccc(SC(C)(F)F)cc3)C(=O)C2(C)C)ccn1. The second kappa shape index (κ2) is 11.4. The smallest absolute Gasteiger partial charge is 0.332 e. The summed E-state index contributed by atoms with van der Waals surface area (Å²) < 4.78 is 26.6. The number of nitrogens with one attached hydrogen (secondary N) is 2. The van der Waals surface area contributed by atoms with Gasteiger partial charge >= 0.3 is 12.1 Å². The summed E-state index contributed by atoms with van der Waals surface area (Å²) in [5.41, 5.74) is -0.176. The molecule has 12 heteroatoms. The highest BCUT2D eigenvalue weighted by Gasteiger charge is 2.51. The van der Waals surface area contributed by atoms with Crippen LogP contribution in [0.15, 0.2) is 47.5 Å². The van der Waals surface area contributed by atoms with Crippen LogP contribution in [-0.4, -0.2) is 70.7 Å². The molecule has 9 nitrogen and oxygen atoms in total. The quantitative estimate of drug-likeness (QED) is 0.263. The Bertz CT molecular complexity index is 1140. The molecule has 0 radical (unpaired) electrons. The molecule has 3 rings (SSSR count). The molecule has 2 aromatic rings. The topological polar surface area (TPSA) is 97.9 Å². The number of hydrogen-bond acceptors (Lipinski definition) is 6. The number of aromatic nitrogens is 1. The van der Waals surface area contributed by atoms with Gasteiger partial charge in [-0.05, 0) is 82.9 Å². The Morgan fingerprint density at radius 3 is 2.46 bits per heavy atom. The number of urea groups is 2. The molecule has 2 heterocycles. The molecule has 1 saturated heterocycles. The second-order valence-corrected chi connectivity index (χ2v) is 11.0. The van der Waals surface area contributed by atoms with Crippen LogP contribution in [0.5, 0.6) is 0 Å². The minimum atomic E-state index is -2.94. The van der Waals surface area contributed by atoms with Crippen LogP contribution < -0.4 is 15.5 Å². The molecule has 1 aromatic carbocycles. The van der Waals surface area contributed by atoms with Crippen molar-refractivity contribution in [2.45, 2.75) is 49.4 Å². The highest BCUT2D eigenvalue weighted by atomic mass is 32.2. The number of alkyl halides is 2. The molecule has 0 saturated carbocycles. The van der Waals surface area contributed by atoms with Crippen molar-refractivity contribution < 1.29 is 23.2 Å². The normalized spacial score (nSPS) is 15.5. The van der Waals surface area contributed by atoms with Crippen molar-refractivity contribution in [3.8, 4) is 0 Å². The maximum absolute atomic E-state index is 13.3. The summed E-state index contributed by atoms with van der Waals surface area (Å²) in [4.78, 5) is 47.7. The Balaban J connectivity index is 1.69. The summed E-state index contributed by atoms with van der Waals surface area (Å²) in [6, 6.07) is 8.32. The number of rotatable bonds is 10. The Morgan fingerprint density at radius 1 is 1.16 bits per heavy atom. The highest BCUT2D eigenvalue weighted by Crippen LogP contribution is 2.38. The fourth-order valence-electron chi connectivity index (χ4n) is 3.78. The third-order valence-corrected chi connectivity index (χ3v) is 6.56. The van der Waals surface area contributed by atoms with Crippen LogP contribution in [-0.2, 0) is 11.3 Å². The van der Waals surface area contributed by atoms with Crippen LogP contribution >= 0.6 is 11.8 Å². The monoisotopic (exact) mass is 534 g/mol. The number of carbonyl (C=O) groups excluding carboxylic acids is 3. The van der Waals surface area contributed by atoms with Gasteiger partial charge in [0.1, 0.15) is 11.4 Å². The lowest BCUT2D eigenvalue weighted by Gasteiger charge is -2.27. The number of imide groups is 1. The Hall–Kier alpha value is -3.25. The van der Waals surface area contributed by atoms with E-state index in [1.807, 2.05) is 19.0 Å². The van der Waals surface area contributed by atoms with Crippen LogP contribution in [0.4, 0.5) is 29.9 Å². The lowest BCUT2D eigenvalue weighted by molar-refractivity contribution is -0.123. The summed E-state index contributed by atoms with van der Waals surface area (Å²) in [6.07, 6.45) is 2.32. The van der Waals surface area contributed by atoms with Crippen molar-refractivity contribution >= 4 is 41.2 Å². The number of carbonyl (C=O) groups is 3. The summed E-state index contributed by atoms with van der Waals surface area (Å²) >= 11 is 0.393. The Kier molecular flexibility index (Phi) is 8.75. The average Bonchev–Trinajstić information content (AvgIpc) is 2.96. The first-order chi connectivity index (χ1) is 17.3. The van der Waals surface area contributed by atoms with Crippen molar-refractivity contribution in [3.63, 3.8) is 0 Å². The fourth-order valence-corrected chi connectivity index (χ4v) is 4.47. The summed E-state index contributed by atoms with van der Waals surface area (Å²) in [5, 5.41) is 2.51. The van der Waals surface area contributed by atoms with E-state index in [1.54, 1.807) is 26.0 Å². The van der Waals surface area contributed by atoms with E-state index in [1.165, 1.54) is 35.4 Å². The number of halogens is 2. The minimum Gasteiger partial charge on any atom is -0.338 e. The molecule has 0 bridgehead atoms. The highest BCUT2D eigenvalue weighted by molar-refractivity contribution is 8.00. The van der Waals surface area contributed by atoms with Gasteiger partial charge in [-0.2, -0.15) is 8.78 Å². The van der Waals surface area contributed by atoms with E-state index in [-0.39, 0.29) is 12.6 Å². The van der Waals surface area contributed by atoms with Crippen LogP contribution in [0.3, 0.4) is 0 Å². The van der Waals surface area contributed by atoms with Crippen molar-refractivity contribution in [2.24, 2.45) is 0 Å². The first-order valence-corrected chi connectivity index (χ1v) is 12.6. The van der Waals surface area contributed by atoms with Gasteiger partial charge in [-0.3, -0.25) is 10.1 Å². The van der Waals surface area contributed by atoms with E-state index in [0.717, 1.165) is 24.8 Å². The van der Waals surface area contributed by atoms with Crippen LogP contribution in [0.2, 0.25) is 0 Å². The van der Waals surface area contributed by atoms with Gasteiger partial charge in [0.2, 0.25) is 0 Å². The molecule has 1 aromatic heterocycles. The zero-order valence-corrected chi connectivity index (χ0v) is 22.4. The molecular weight excluding hydrogens is 502 g/mol. The van der Waals surface area contributed by atoms with Gasteiger partial charge in [-0.15, -0.1) is 0 Å². The maximum atomic E-state index is 13.3. The zero-order chi connectivity index (χ0) is 27.4. The van der Waals surface area contributed by atoms with E-state index in [0.29, 0.717) is 40.3 Å². The third kappa shape index (κ3) is 7.39. The van der Waals surface area contributed by atoms with Gasteiger partial charge in [-0.25, -0.2) is 19.5 Å². The standard InChI is InChI=1S/C25H32F2N6O3S/c1-24(2)21(34)33(18-7-9-19(10-8-18)37-25(3,26)27)23(36)32(24)16-17-11-13-28-20(15-17)30-22(35)29-12-6-14-31(4)5/h7-11,13,15H,6,12,14,16H2,1-5H3,(H2,28,29,30,35). The van der Waals surface area contributed by atoms with Gasteiger partial charge in [-0.1, -0.05) is 11.8 Å². The molecule has 1 aliphatic rings. The van der Waals surface area contributed by atoms with Crippen LogP contribution in [0.25, 0.3) is 0 Å². The van der Waals surface area contributed by atoms with E-state index >= 15 is 0 Å². The number of nitrogens with zero attached hydrogens (tertiary/aromatic N) is 4. The Morgan fingerprint density at radius 2 is 1.84 bits per heavy atom. The van der Waals surface area contributed by atoms with E-state index in [9.17, 15) is 23.2 Å². The number of pyridine rings is 1. The fraction of sp³-hybridized carbons (Fsp3) is 0.440. The first kappa shape index (κ1) is 28.3. The lowest BCUT2D eigenvalue weighted by Crippen LogP contribution is -2.43. The van der Waals surface area contributed by atoms with E-state index < -0.39 is 22.7 Å². The van der Waals surface area contributed by atoms with Crippen LogP contribution in [0.1, 0.15) is 32.8 Å². The van der Waals surface area contributed by atoms with E-state index in [2.05, 4.69) is 15.6 Å². The molecular formula is C25H32F2N6O3S. The molecule has 37 heavy (non-hydrogen) atoms. The molecule has 1 fully saturated rings. The molecule has 0 atom stereocenters. The van der Waals surface area contributed by atoms with Crippen molar-refractivity contribution in [3.05, 3.63) is 48.2 Å². The number of hydrogen-bond donors (Lipinski definition) is 2.